The van der Waals surface area contributed by atoms with E-state index in [-0.39, 0.29) is 24.0 Å². The average Bonchev–Trinajstić information content (AvgIpc) is 3.55. The third-order valence-electron chi connectivity index (χ3n) is 8.29. The lowest BCUT2D eigenvalue weighted by atomic mass is 9.90. The van der Waals surface area contributed by atoms with Crippen molar-refractivity contribution in [3.63, 3.8) is 0 Å². The number of rotatable bonds is 9. The Morgan fingerprint density at radius 1 is 1.12 bits per heavy atom. The van der Waals surface area contributed by atoms with Gasteiger partial charge < -0.3 is 23.7 Å². The molecule has 0 amide bonds. The molecule has 1 atom stereocenters. The standard InChI is InChI=1S/C30H31ClFN5O4/c1-39-14-13-37-25-15-19(28(38)40-2)4-6-24(25)34-27(37)22-17-30(22)8-11-36(12-9-30)26-7-10-33-29(35-26)41-18-20-3-5-21(31)16-23(20)32/h3-7,10,15-16,22H,8-9,11-14,17-18H2,1-2H3. The van der Waals surface area contributed by atoms with Crippen LogP contribution >= 0.6 is 11.6 Å². The second kappa shape index (κ2) is 11.3. The average molecular weight is 580 g/mol. The Hall–Kier alpha value is -3.76. The summed E-state index contributed by atoms with van der Waals surface area (Å²) in [5, 5.41) is 0.338. The van der Waals surface area contributed by atoms with Gasteiger partial charge in [0.2, 0.25) is 0 Å². The van der Waals surface area contributed by atoms with Crippen LogP contribution < -0.4 is 9.64 Å². The summed E-state index contributed by atoms with van der Waals surface area (Å²) in [6.45, 7) is 2.93. The van der Waals surface area contributed by atoms with Gasteiger partial charge in [-0.25, -0.2) is 19.2 Å². The third-order valence-corrected chi connectivity index (χ3v) is 8.53. The summed E-state index contributed by atoms with van der Waals surface area (Å²) in [5.74, 6) is 1.40. The largest absolute Gasteiger partial charge is 0.465 e. The number of carbonyl (C=O) groups excluding carboxylic acids is 1. The first-order valence-corrected chi connectivity index (χ1v) is 14.0. The van der Waals surface area contributed by atoms with Crippen LogP contribution in [0.4, 0.5) is 10.2 Å². The minimum atomic E-state index is -0.423. The van der Waals surface area contributed by atoms with Crippen LogP contribution in [-0.4, -0.2) is 59.4 Å². The van der Waals surface area contributed by atoms with Crippen molar-refractivity contribution < 1.29 is 23.4 Å². The van der Waals surface area contributed by atoms with Crippen molar-refractivity contribution in [2.75, 3.05) is 38.8 Å². The van der Waals surface area contributed by atoms with Gasteiger partial charge in [0, 0.05) is 49.4 Å². The van der Waals surface area contributed by atoms with Crippen molar-refractivity contribution in [1.29, 1.82) is 0 Å². The molecule has 1 unspecified atom stereocenters. The van der Waals surface area contributed by atoms with E-state index in [2.05, 4.69) is 19.4 Å². The number of hydrogen-bond donors (Lipinski definition) is 0. The summed E-state index contributed by atoms with van der Waals surface area (Å²) in [6, 6.07) is 12.1. The number of methoxy groups -OCH3 is 2. The highest BCUT2D eigenvalue weighted by molar-refractivity contribution is 6.30. The van der Waals surface area contributed by atoms with E-state index in [1.807, 2.05) is 18.2 Å². The smallest absolute Gasteiger partial charge is 0.337 e. The lowest BCUT2D eigenvalue weighted by Gasteiger charge is -2.33. The highest BCUT2D eigenvalue weighted by Gasteiger charge is 2.57. The molecule has 3 heterocycles. The normalized spacial score (nSPS) is 17.7. The Morgan fingerprint density at radius 3 is 2.71 bits per heavy atom. The topological polar surface area (TPSA) is 91.6 Å². The molecular weight excluding hydrogens is 549 g/mol. The zero-order valence-corrected chi connectivity index (χ0v) is 23.7. The third kappa shape index (κ3) is 5.46. The zero-order chi connectivity index (χ0) is 28.6. The Kier molecular flexibility index (Phi) is 7.52. The van der Waals surface area contributed by atoms with Crippen LogP contribution in [0, 0.1) is 11.2 Å². The molecule has 9 nitrogen and oxygen atoms in total. The Bertz CT molecular complexity index is 1590. The number of esters is 1. The molecule has 2 aromatic heterocycles. The van der Waals surface area contributed by atoms with Gasteiger partial charge in [-0.15, -0.1) is 0 Å². The summed E-state index contributed by atoms with van der Waals surface area (Å²) < 4.78 is 32.3. The van der Waals surface area contributed by atoms with E-state index >= 15 is 0 Å². The fourth-order valence-corrected chi connectivity index (χ4v) is 6.03. The Balaban J connectivity index is 1.14. The molecule has 0 bridgehead atoms. The monoisotopic (exact) mass is 579 g/mol. The number of imidazole rings is 1. The zero-order valence-electron chi connectivity index (χ0n) is 23.0. The highest BCUT2D eigenvalue weighted by Crippen LogP contribution is 2.65. The van der Waals surface area contributed by atoms with Gasteiger partial charge in [0.1, 0.15) is 24.1 Å². The maximum absolute atomic E-state index is 14.1. The first-order chi connectivity index (χ1) is 19.9. The van der Waals surface area contributed by atoms with Crippen molar-refractivity contribution in [1.82, 2.24) is 19.5 Å². The summed E-state index contributed by atoms with van der Waals surface area (Å²) in [6.07, 6.45) is 4.76. The molecule has 11 heteroatoms. The van der Waals surface area contributed by atoms with Crippen molar-refractivity contribution in [3.8, 4) is 6.01 Å². The number of nitrogens with zero attached hydrogens (tertiary/aromatic N) is 5. The maximum atomic E-state index is 14.1. The lowest BCUT2D eigenvalue weighted by molar-refractivity contribution is 0.0601. The number of carbonyl (C=O) groups is 1. The minimum absolute atomic E-state index is 0.0163. The number of ether oxygens (including phenoxy) is 3. The molecule has 1 saturated carbocycles. The van der Waals surface area contributed by atoms with Gasteiger partial charge in [-0.2, -0.15) is 4.98 Å². The molecule has 0 N–H and O–H groups in total. The fraction of sp³-hybridized carbons (Fsp3) is 0.400. The van der Waals surface area contributed by atoms with Crippen LogP contribution in [0.25, 0.3) is 11.0 Å². The quantitative estimate of drug-likeness (QED) is 0.243. The predicted octanol–water partition coefficient (Wildman–Crippen LogP) is 5.40. The SMILES string of the molecule is COCCn1c(C2CC23CCN(c2ccnc(OCc4ccc(Cl)cc4F)n2)CC3)nc2ccc(C(=O)OC)cc21. The fourth-order valence-electron chi connectivity index (χ4n) is 5.87. The highest BCUT2D eigenvalue weighted by atomic mass is 35.5. The predicted molar refractivity (Wildman–Crippen MR) is 152 cm³/mol. The van der Waals surface area contributed by atoms with Gasteiger partial charge in [-0.1, -0.05) is 17.7 Å². The molecule has 214 valence electrons. The van der Waals surface area contributed by atoms with Gasteiger partial charge >= 0.3 is 12.0 Å². The van der Waals surface area contributed by atoms with Crippen LogP contribution in [0.15, 0.2) is 48.7 Å². The number of halogens is 2. The molecule has 6 rings (SSSR count). The van der Waals surface area contributed by atoms with Gasteiger partial charge in [0.25, 0.3) is 0 Å². The van der Waals surface area contributed by atoms with Crippen LogP contribution in [0.1, 0.15) is 46.9 Å². The van der Waals surface area contributed by atoms with Crippen LogP contribution in [-0.2, 0) is 22.6 Å². The molecule has 1 aliphatic carbocycles. The number of anilines is 1. The summed E-state index contributed by atoms with van der Waals surface area (Å²) >= 11 is 5.84. The first-order valence-electron chi connectivity index (χ1n) is 13.6. The number of benzene rings is 2. The van der Waals surface area contributed by atoms with E-state index in [0.717, 1.165) is 55.0 Å². The van der Waals surface area contributed by atoms with E-state index in [4.69, 9.17) is 30.8 Å². The molecule has 1 aliphatic heterocycles. The van der Waals surface area contributed by atoms with Crippen LogP contribution in [0.2, 0.25) is 5.02 Å². The van der Waals surface area contributed by atoms with Gasteiger partial charge in [-0.05, 0) is 61.1 Å². The molecule has 2 aliphatic rings. The molecule has 41 heavy (non-hydrogen) atoms. The number of aromatic nitrogens is 4. The molecule has 1 spiro atoms. The van der Waals surface area contributed by atoms with Gasteiger partial charge in [0.05, 0.1) is 30.3 Å². The molecule has 4 aromatic rings. The molecule has 2 aromatic carbocycles. The molecule has 0 radical (unpaired) electrons. The van der Waals surface area contributed by atoms with E-state index in [1.54, 1.807) is 31.5 Å². The summed E-state index contributed by atoms with van der Waals surface area (Å²) in [4.78, 5) is 28.2. The Morgan fingerprint density at radius 2 is 1.95 bits per heavy atom. The number of piperidine rings is 1. The van der Waals surface area contributed by atoms with E-state index < -0.39 is 5.82 Å². The molecule has 2 fully saturated rings. The maximum Gasteiger partial charge on any atom is 0.337 e. The molecular formula is C30H31ClFN5O4. The van der Waals surface area contributed by atoms with Crippen LogP contribution in [0.5, 0.6) is 6.01 Å². The number of hydrogen-bond acceptors (Lipinski definition) is 8. The summed E-state index contributed by atoms with van der Waals surface area (Å²) in [7, 11) is 3.07. The van der Waals surface area contributed by atoms with Gasteiger partial charge in [-0.3, -0.25) is 0 Å². The van der Waals surface area contributed by atoms with E-state index in [1.165, 1.54) is 13.2 Å². The minimum Gasteiger partial charge on any atom is -0.465 e. The van der Waals surface area contributed by atoms with Gasteiger partial charge in [0.15, 0.2) is 0 Å². The second-order valence-electron chi connectivity index (χ2n) is 10.6. The van der Waals surface area contributed by atoms with Crippen molar-refractivity contribution in [2.24, 2.45) is 5.41 Å². The van der Waals surface area contributed by atoms with Crippen molar-refractivity contribution in [3.05, 3.63) is 76.5 Å². The first kappa shape index (κ1) is 27.4. The van der Waals surface area contributed by atoms with Crippen molar-refractivity contribution in [2.45, 2.75) is 38.3 Å². The van der Waals surface area contributed by atoms with Crippen molar-refractivity contribution >= 4 is 34.4 Å². The molecule has 1 saturated heterocycles. The van der Waals surface area contributed by atoms with E-state index in [9.17, 15) is 9.18 Å². The van der Waals surface area contributed by atoms with Crippen LogP contribution in [0.3, 0.4) is 0 Å². The Labute approximate surface area is 242 Å². The summed E-state index contributed by atoms with van der Waals surface area (Å²) in [5.41, 5.74) is 2.88. The second-order valence-corrected chi connectivity index (χ2v) is 11.1. The lowest BCUT2D eigenvalue weighted by Crippen LogP contribution is -2.35. The number of fused-ring (bicyclic) bond motifs is 1. The van der Waals surface area contributed by atoms with E-state index in [0.29, 0.717) is 35.2 Å².